The molecule has 0 saturated carbocycles. The lowest BCUT2D eigenvalue weighted by Crippen LogP contribution is -2.42. The van der Waals surface area contributed by atoms with Gasteiger partial charge >= 0.3 is 12.4 Å². The number of piperidine rings is 2. The molecule has 97 heavy (non-hydrogen) atoms. The Labute approximate surface area is 573 Å². The van der Waals surface area contributed by atoms with Crippen molar-refractivity contribution in [1.82, 2.24) is 29.6 Å². The normalized spacial score (nSPS) is 14.3. The fourth-order valence-corrected chi connectivity index (χ4v) is 12.9. The number of aromatic nitrogens is 2. The van der Waals surface area contributed by atoms with Crippen LogP contribution in [0.5, 0.6) is 11.5 Å². The minimum atomic E-state index is -4.72. The van der Waals surface area contributed by atoms with E-state index in [9.17, 15) is 71.1 Å². The molecule has 8 aromatic rings. The van der Waals surface area contributed by atoms with Gasteiger partial charge in [-0.3, -0.25) is 24.0 Å². The van der Waals surface area contributed by atoms with Crippen molar-refractivity contribution >= 4 is 64.1 Å². The maximum atomic E-state index is 13.6. The molecule has 10 rings (SSSR count). The molecule has 16 nitrogen and oxygen atoms in total. The van der Waals surface area contributed by atoms with Gasteiger partial charge in [-0.1, -0.05) is 65.5 Å². The highest BCUT2D eigenvalue weighted by molar-refractivity contribution is 6.34. The van der Waals surface area contributed by atoms with E-state index >= 15 is 0 Å². The quantitative estimate of drug-likeness (QED) is 0.0705. The van der Waals surface area contributed by atoms with E-state index in [0.29, 0.717) is 72.0 Å². The summed E-state index contributed by atoms with van der Waals surface area (Å²) in [6.45, 7) is 8.93. The van der Waals surface area contributed by atoms with Crippen molar-refractivity contribution in [3.05, 3.63) is 195 Å². The summed E-state index contributed by atoms with van der Waals surface area (Å²) >= 11 is 25.1. The van der Waals surface area contributed by atoms with E-state index in [1.54, 1.807) is 67.5 Å². The second-order valence-electron chi connectivity index (χ2n) is 24.1. The largest absolute Gasteiger partial charge is 0.507 e. The van der Waals surface area contributed by atoms with Crippen LogP contribution >= 0.6 is 46.4 Å². The second kappa shape index (κ2) is 30.2. The Kier molecular flexibility index (Phi) is 22.5. The van der Waals surface area contributed by atoms with E-state index in [1.165, 1.54) is 41.0 Å². The third kappa shape index (κ3) is 16.9. The van der Waals surface area contributed by atoms with Gasteiger partial charge in [0.05, 0.1) is 22.5 Å². The van der Waals surface area contributed by atoms with Crippen molar-refractivity contribution in [1.29, 1.82) is 10.5 Å². The number of nitriles is 2. The summed E-state index contributed by atoms with van der Waals surface area (Å²) in [5, 5.41) is 42.9. The van der Waals surface area contributed by atoms with Crippen LogP contribution in [0.1, 0.15) is 96.8 Å². The highest BCUT2D eigenvalue weighted by atomic mass is 35.5. The number of phenolic OH excluding ortho intramolecular Hbond substituents is 2. The highest BCUT2D eigenvalue weighted by Gasteiger charge is 2.35. The molecule has 5 heterocycles. The average molecular weight is 1410 g/mol. The number of nitrogens with one attached hydrogen (secondary N) is 2. The number of phenols is 2. The average Bonchev–Trinajstić information content (AvgIpc) is 0.840. The number of carbonyl (C=O) groups excluding carboxylic acids is 3. The lowest BCUT2D eigenvalue weighted by Gasteiger charge is -2.33. The Hall–Kier alpha value is -9.03. The molecule has 0 bridgehead atoms. The smallest absolute Gasteiger partial charge is 0.416 e. The van der Waals surface area contributed by atoms with E-state index in [4.69, 9.17) is 50.8 Å². The molecule has 2 saturated heterocycles. The van der Waals surface area contributed by atoms with Crippen LogP contribution in [0.15, 0.2) is 123 Å². The molecule has 3 aromatic heterocycles. The van der Waals surface area contributed by atoms with Gasteiger partial charge in [0.15, 0.2) is 0 Å². The van der Waals surface area contributed by atoms with Crippen LogP contribution in [0.3, 0.4) is 0 Å². The molecule has 0 aliphatic carbocycles. The lowest BCUT2D eigenvalue weighted by atomic mass is 9.93. The van der Waals surface area contributed by atoms with Crippen LogP contribution in [-0.4, -0.2) is 104 Å². The molecular formula is C71H64Cl4F6N8O8. The molecule has 4 N–H and O–H groups in total. The number of aryl methyl sites for hydroxylation is 1. The van der Waals surface area contributed by atoms with Crippen molar-refractivity contribution in [2.24, 2.45) is 11.8 Å². The molecule has 2 fully saturated rings. The summed E-state index contributed by atoms with van der Waals surface area (Å²) in [5.41, 5.74) is -3.41. The number of hydrogen-bond donors (Lipinski definition) is 4. The number of carbonyl (C=O) groups is 3. The monoisotopic (exact) mass is 1410 g/mol. The molecule has 1 unspecified atom stereocenters. The summed E-state index contributed by atoms with van der Waals surface area (Å²) in [5.74, 6) is 0.779. The van der Waals surface area contributed by atoms with Crippen molar-refractivity contribution in [2.45, 2.75) is 84.2 Å². The zero-order valence-electron chi connectivity index (χ0n) is 52.9. The Balaban J connectivity index is 0.000000227. The first-order valence-electron chi connectivity index (χ1n) is 30.6. The first-order chi connectivity index (χ1) is 45.8. The van der Waals surface area contributed by atoms with Gasteiger partial charge < -0.3 is 44.2 Å². The maximum Gasteiger partial charge on any atom is 0.416 e. The summed E-state index contributed by atoms with van der Waals surface area (Å²) in [4.78, 5) is 77.0. The number of halogens is 10. The second-order valence-corrected chi connectivity index (χ2v) is 25.8. The Morgan fingerprint density at radius 1 is 0.608 bits per heavy atom. The predicted molar refractivity (Wildman–Crippen MR) is 358 cm³/mol. The molecular weight excluding hydrogens is 1350 g/mol. The highest BCUT2D eigenvalue weighted by Crippen LogP contribution is 2.44. The lowest BCUT2D eigenvalue weighted by molar-refractivity contribution is -0.139. The minimum Gasteiger partial charge on any atom is -0.507 e. The number of likely N-dealkylation sites (tertiary alicyclic amines) is 2. The van der Waals surface area contributed by atoms with Crippen LogP contribution < -0.4 is 11.1 Å². The van der Waals surface area contributed by atoms with Crippen molar-refractivity contribution < 1.29 is 55.4 Å². The first kappa shape index (κ1) is 72.2. The Morgan fingerprint density at radius 2 is 1.07 bits per heavy atom. The van der Waals surface area contributed by atoms with Gasteiger partial charge in [-0.2, -0.15) is 36.9 Å². The summed E-state index contributed by atoms with van der Waals surface area (Å²) in [6.07, 6.45) is -6.09. The Bertz CT molecular complexity index is 4530. The molecule has 0 spiro atoms. The van der Waals surface area contributed by atoms with Crippen LogP contribution in [-0.2, 0) is 39.8 Å². The van der Waals surface area contributed by atoms with Gasteiger partial charge in [0.1, 0.15) is 46.3 Å². The number of amides is 3. The number of hydrogen-bond acceptors (Lipinski definition) is 11. The van der Waals surface area contributed by atoms with Crippen LogP contribution in [0.25, 0.3) is 55.9 Å². The molecule has 26 heteroatoms. The molecule has 5 aromatic carbocycles. The number of benzene rings is 5. The first-order valence-corrected chi connectivity index (χ1v) is 32.1. The zero-order valence-corrected chi connectivity index (χ0v) is 55.9. The molecule has 0 radical (unpaired) electrons. The number of aromatic amines is 2. The minimum absolute atomic E-state index is 0.00243. The fourth-order valence-electron chi connectivity index (χ4n) is 12.1. The zero-order chi connectivity index (χ0) is 70.5. The maximum absolute atomic E-state index is 13.6. The predicted octanol–water partition coefficient (Wildman–Crippen LogP) is 15.9. The van der Waals surface area contributed by atoms with Gasteiger partial charge in [-0.05, 0) is 167 Å². The van der Waals surface area contributed by atoms with Crippen molar-refractivity contribution in [3.63, 3.8) is 0 Å². The third-order valence-corrected chi connectivity index (χ3v) is 18.6. The molecule has 1 atom stereocenters. The number of nitrogens with zero attached hydrogens (tertiary/aromatic N) is 6. The summed E-state index contributed by atoms with van der Waals surface area (Å²) in [6, 6.07) is 28.2. The number of furan rings is 1. The topological polar surface area (TPSA) is 231 Å². The fraction of sp³-hybridized carbons (Fsp3) is 0.310. The van der Waals surface area contributed by atoms with Crippen LogP contribution in [0.4, 0.5) is 26.3 Å². The van der Waals surface area contributed by atoms with E-state index < -0.39 is 45.7 Å². The van der Waals surface area contributed by atoms with Gasteiger partial charge in [0.2, 0.25) is 17.7 Å². The number of alkyl halides is 6. The van der Waals surface area contributed by atoms with Gasteiger partial charge in [0.25, 0.3) is 11.1 Å². The van der Waals surface area contributed by atoms with Crippen molar-refractivity contribution in [3.8, 4) is 79.5 Å². The van der Waals surface area contributed by atoms with Crippen molar-refractivity contribution in [2.75, 3.05) is 46.8 Å². The number of pyridine rings is 2. The standard InChI is InChI=1S/C36H35Cl2F3N4O4.C35H29Cl2F3N4O4/c1-20(32-7-4-21(2)49-32)8-11-45-12-9-22(10-13-45)35(48)44(3)19-23-14-25(37)16-28(33(23)46)31-17-26(29(18-42)34(47)43-31)27-15-24(36(39,40)41)5-6-30(27)38;1-19(45)44-11-9-21(10-12-44)34(48)43(2)18-23-13-22(20-3-6-25(36)7-4-20)14-28(32(23)46)31-16-26(29(17-41)33(47)42-31)27-15-24(35(38,39)40)5-8-30(27)37/h4-7,14-17,20,22,46H,8-13,19H2,1-3H3,(H,43,47);3-8,13-16,21,46H,9-12,18H2,1-2H3,(H,42,47). The third-order valence-electron chi connectivity index (χ3n) is 17.5. The van der Waals surface area contributed by atoms with E-state index in [0.717, 1.165) is 74.0 Å². The number of rotatable bonds is 15. The van der Waals surface area contributed by atoms with Gasteiger partial charge in [-0.15, -0.1) is 0 Å². The van der Waals surface area contributed by atoms with E-state index in [2.05, 4.69) is 21.8 Å². The van der Waals surface area contributed by atoms with E-state index in [1.807, 2.05) is 19.1 Å². The molecule has 3 amide bonds. The molecule has 506 valence electrons. The number of H-pyrrole nitrogens is 2. The van der Waals surface area contributed by atoms with Crippen LogP contribution in [0.2, 0.25) is 20.1 Å². The van der Waals surface area contributed by atoms with E-state index in [-0.39, 0.29) is 114 Å². The summed E-state index contributed by atoms with van der Waals surface area (Å²) < 4.78 is 87.1. The summed E-state index contributed by atoms with van der Waals surface area (Å²) in [7, 11) is 3.24. The number of aromatic hydroxyl groups is 2. The molecule has 2 aliphatic rings. The SMILES string of the molecule is CC(=O)N1CCC(C(=O)N(C)Cc2cc(-c3ccc(Cl)cc3)cc(-c3cc(-c4cc(C(F)(F)F)ccc4Cl)c(C#N)c(=O)[nH]3)c2O)CC1.Cc1ccc(C(C)CCN2CCC(C(=O)N(C)Cc3cc(Cl)cc(-c4cc(-c5cc(C(F)(F)F)ccc5Cl)c(C#N)c(=O)[nH]4)c3O)CC2)o1. The molecule has 2 aliphatic heterocycles. The van der Waals surface area contributed by atoms with Gasteiger partial charge in [0, 0.05) is 130 Å². The van der Waals surface area contributed by atoms with Gasteiger partial charge in [-0.25, -0.2) is 0 Å². The Morgan fingerprint density at radius 3 is 1.52 bits per heavy atom. The van der Waals surface area contributed by atoms with Crippen LogP contribution in [0, 0.1) is 41.4 Å².